The number of rotatable bonds is 6. The zero-order valence-electron chi connectivity index (χ0n) is 16.4. The minimum Gasteiger partial charge on any atom is -0.396 e. The van der Waals surface area contributed by atoms with E-state index in [1.165, 1.54) is 18.3 Å². The predicted octanol–water partition coefficient (Wildman–Crippen LogP) is 3.01. The summed E-state index contributed by atoms with van der Waals surface area (Å²) in [4.78, 5) is 29.4. The van der Waals surface area contributed by atoms with E-state index in [0.717, 1.165) is 31.7 Å². The van der Waals surface area contributed by atoms with Gasteiger partial charge in [-0.05, 0) is 43.2 Å². The van der Waals surface area contributed by atoms with Gasteiger partial charge < -0.3 is 15.7 Å². The largest absolute Gasteiger partial charge is 0.396 e. The lowest BCUT2D eigenvalue weighted by molar-refractivity contribution is 0.0880. The average Bonchev–Trinajstić information content (AvgIpc) is 3.41. The van der Waals surface area contributed by atoms with Crippen molar-refractivity contribution in [1.82, 2.24) is 14.7 Å². The number of amides is 2. The van der Waals surface area contributed by atoms with Crippen molar-refractivity contribution in [2.24, 2.45) is 5.41 Å². The number of nitrogens with one attached hydrogen (secondary N) is 2. The number of hydrogen-bond acceptors (Lipinski definition) is 4. The zero-order chi connectivity index (χ0) is 21.1. The highest BCUT2D eigenvalue weighted by molar-refractivity contribution is 6.04. The first-order chi connectivity index (χ1) is 14.5. The van der Waals surface area contributed by atoms with Crippen LogP contribution in [0.3, 0.4) is 0 Å². The highest BCUT2D eigenvalue weighted by Crippen LogP contribution is 2.37. The van der Waals surface area contributed by atoms with Crippen molar-refractivity contribution in [2.75, 3.05) is 18.5 Å². The molecule has 0 spiro atoms. The fraction of sp³-hybridized carbons (Fsp3) is 0.318. The molecule has 1 aliphatic carbocycles. The first kappa shape index (κ1) is 20.0. The number of fused-ring (bicyclic) bond motifs is 1. The van der Waals surface area contributed by atoms with Gasteiger partial charge in [-0.2, -0.15) is 0 Å². The quantitative estimate of drug-likeness (QED) is 0.582. The fourth-order valence-corrected chi connectivity index (χ4v) is 3.93. The van der Waals surface area contributed by atoms with Crippen LogP contribution in [0.5, 0.6) is 0 Å². The molecule has 0 radical (unpaired) electrons. The maximum atomic E-state index is 14.3. The Kier molecular flexibility index (Phi) is 5.50. The number of carbonyl (C=O) groups excluding carboxylic acids is 2. The van der Waals surface area contributed by atoms with Crippen LogP contribution in [0, 0.1) is 11.2 Å². The van der Waals surface area contributed by atoms with Crippen LogP contribution < -0.4 is 10.6 Å². The Balaban J connectivity index is 1.49. The van der Waals surface area contributed by atoms with E-state index in [9.17, 15) is 19.1 Å². The summed E-state index contributed by atoms with van der Waals surface area (Å²) >= 11 is 0. The van der Waals surface area contributed by atoms with Crippen molar-refractivity contribution in [1.29, 1.82) is 0 Å². The number of carbonyl (C=O) groups is 2. The van der Waals surface area contributed by atoms with Crippen LogP contribution in [0.4, 0.5) is 10.1 Å². The number of anilines is 1. The topological polar surface area (TPSA) is 95.7 Å². The van der Waals surface area contributed by atoms with Crippen molar-refractivity contribution < 1.29 is 19.1 Å². The number of halogens is 1. The van der Waals surface area contributed by atoms with Crippen molar-refractivity contribution in [3.8, 4) is 0 Å². The van der Waals surface area contributed by atoms with Gasteiger partial charge in [-0.25, -0.2) is 9.37 Å². The number of aliphatic hydroxyl groups is 1. The van der Waals surface area contributed by atoms with Crippen molar-refractivity contribution in [3.05, 3.63) is 65.9 Å². The van der Waals surface area contributed by atoms with Crippen LogP contribution >= 0.6 is 0 Å². The lowest BCUT2D eigenvalue weighted by Gasteiger charge is -2.26. The summed E-state index contributed by atoms with van der Waals surface area (Å²) < 4.78 is 15.9. The van der Waals surface area contributed by atoms with E-state index in [0.29, 0.717) is 12.2 Å². The summed E-state index contributed by atoms with van der Waals surface area (Å²) in [6.07, 6.45) is 6.91. The SMILES string of the molecule is O=C(NCC1(CO)CCCC1)c1ccc(F)c(NC(=O)c2cnc3ccccn23)c1. The summed E-state index contributed by atoms with van der Waals surface area (Å²) in [5, 5.41) is 15.0. The molecule has 1 saturated carbocycles. The Morgan fingerprint density at radius 1 is 1.17 bits per heavy atom. The first-order valence-corrected chi connectivity index (χ1v) is 9.93. The Hall–Kier alpha value is -3.26. The van der Waals surface area contributed by atoms with E-state index in [4.69, 9.17) is 0 Å². The Bertz CT molecular complexity index is 1090. The second-order valence-corrected chi connectivity index (χ2v) is 7.77. The van der Waals surface area contributed by atoms with Gasteiger partial charge in [0.2, 0.25) is 0 Å². The van der Waals surface area contributed by atoms with Crippen LogP contribution in [0.2, 0.25) is 0 Å². The first-order valence-electron chi connectivity index (χ1n) is 9.93. The third kappa shape index (κ3) is 3.91. The van der Waals surface area contributed by atoms with Gasteiger partial charge in [0.05, 0.1) is 18.5 Å². The lowest BCUT2D eigenvalue weighted by Crippen LogP contribution is -2.38. The standard InChI is InChI=1S/C22H23FN4O3/c23-16-7-6-15(20(29)25-13-22(14-28)8-2-3-9-22)11-17(16)26-21(30)18-12-24-19-5-1-4-10-27(18)19/h1,4-7,10-12,28H,2-3,8-9,13-14H2,(H,25,29)(H,26,30). The maximum Gasteiger partial charge on any atom is 0.274 e. The van der Waals surface area contributed by atoms with Crippen molar-refractivity contribution in [2.45, 2.75) is 25.7 Å². The van der Waals surface area contributed by atoms with Gasteiger partial charge in [0, 0.05) is 23.7 Å². The van der Waals surface area contributed by atoms with E-state index in [1.807, 2.05) is 0 Å². The number of nitrogens with zero attached hydrogens (tertiary/aromatic N) is 2. The van der Waals surface area contributed by atoms with Gasteiger partial charge in [-0.1, -0.05) is 18.9 Å². The van der Waals surface area contributed by atoms with E-state index in [2.05, 4.69) is 15.6 Å². The summed E-state index contributed by atoms with van der Waals surface area (Å²) in [6, 6.07) is 9.15. The number of hydrogen-bond donors (Lipinski definition) is 3. The molecule has 156 valence electrons. The van der Waals surface area contributed by atoms with E-state index in [1.54, 1.807) is 28.8 Å². The Morgan fingerprint density at radius 2 is 1.97 bits per heavy atom. The Labute approximate surface area is 172 Å². The molecular formula is C22H23FN4O3. The summed E-state index contributed by atoms with van der Waals surface area (Å²) in [6.45, 7) is 0.389. The molecular weight excluding hydrogens is 387 g/mol. The molecule has 8 heteroatoms. The minimum absolute atomic E-state index is 0.0251. The van der Waals surface area contributed by atoms with Gasteiger partial charge >= 0.3 is 0 Å². The molecule has 0 atom stereocenters. The minimum atomic E-state index is -0.642. The molecule has 0 bridgehead atoms. The van der Waals surface area contributed by atoms with E-state index < -0.39 is 11.7 Å². The third-order valence-electron chi connectivity index (χ3n) is 5.75. The molecule has 1 fully saturated rings. The van der Waals surface area contributed by atoms with E-state index >= 15 is 0 Å². The van der Waals surface area contributed by atoms with Crippen molar-refractivity contribution >= 4 is 23.1 Å². The normalized spacial score (nSPS) is 15.3. The second-order valence-electron chi connectivity index (χ2n) is 7.77. The number of pyridine rings is 1. The fourth-order valence-electron chi connectivity index (χ4n) is 3.93. The van der Waals surface area contributed by atoms with Gasteiger partial charge in [-0.3, -0.25) is 14.0 Å². The molecule has 0 aliphatic heterocycles. The highest BCUT2D eigenvalue weighted by Gasteiger charge is 2.33. The zero-order valence-corrected chi connectivity index (χ0v) is 16.4. The van der Waals surface area contributed by atoms with Gasteiger partial charge in [0.1, 0.15) is 17.2 Å². The molecule has 1 aliphatic rings. The van der Waals surface area contributed by atoms with Crippen LogP contribution in [0.15, 0.2) is 48.8 Å². The molecule has 1 aromatic carbocycles. The van der Waals surface area contributed by atoms with Gasteiger partial charge in [-0.15, -0.1) is 0 Å². The molecule has 2 aromatic heterocycles. The third-order valence-corrected chi connectivity index (χ3v) is 5.75. The lowest BCUT2D eigenvalue weighted by atomic mass is 9.87. The number of imidazole rings is 1. The predicted molar refractivity (Wildman–Crippen MR) is 110 cm³/mol. The molecule has 2 heterocycles. The van der Waals surface area contributed by atoms with Crippen LogP contribution in [0.1, 0.15) is 46.5 Å². The molecule has 30 heavy (non-hydrogen) atoms. The molecule has 2 amide bonds. The monoisotopic (exact) mass is 410 g/mol. The molecule has 0 saturated heterocycles. The van der Waals surface area contributed by atoms with Crippen molar-refractivity contribution in [3.63, 3.8) is 0 Å². The van der Waals surface area contributed by atoms with Gasteiger partial charge in [0.15, 0.2) is 0 Å². The summed E-state index contributed by atoms with van der Waals surface area (Å²) in [5.41, 5.74) is 0.717. The molecule has 0 unspecified atom stereocenters. The number of benzene rings is 1. The maximum absolute atomic E-state index is 14.3. The van der Waals surface area contributed by atoms with Crippen LogP contribution in [0.25, 0.3) is 5.65 Å². The second kappa shape index (κ2) is 8.23. The van der Waals surface area contributed by atoms with E-state index in [-0.39, 0.29) is 34.9 Å². The highest BCUT2D eigenvalue weighted by atomic mass is 19.1. The van der Waals surface area contributed by atoms with Gasteiger partial charge in [0.25, 0.3) is 11.8 Å². The number of aliphatic hydroxyl groups excluding tert-OH is 1. The smallest absolute Gasteiger partial charge is 0.274 e. The summed E-state index contributed by atoms with van der Waals surface area (Å²) in [5.74, 6) is -1.55. The molecule has 7 nitrogen and oxygen atoms in total. The molecule has 3 aromatic rings. The summed E-state index contributed by atoms with van der Waals surface area (Å²) in [7, 11) is 0. The van der Waals surface area contributed by atoms with Crippen LogP contribution in [-0.4, -0.2) is 39.5 Å². The average molecular weight is 410 g/mol. The van der Waals surface area contributed by atoms with Crippen LogP contribution in [-0.2, 0) is 0 Å². The Morgan fingerprint density at radius 3 is 2.73 bits per heavy atom. The molecule has 3 N–H and O–H groups in total. The number of aromatic nitrogens is 2. The molecule has 4 rings (SSSR count).